The maximum atomic E-state index is 13.1. The van der Waals surface area contributed by atoms with E-state index >= 15 is 0 Å². The van der Waals surface area contributed by atoms with Crippen molar-refractivity contribution in [3.8, 4) is 0 Å². The average molecular weight is 399 g/mol. The van der Waals surface area contributed by atoms with Crippen molar-refractivity contribution in [1.82, 2.24) is 10.2 Å². The van der Waals surface area contributed by atoms with Gasteiger partial charge in [0, 0.05) is 30.3 Å². The number of nitrogens with one attached hydrogen (secondary N) is 1. The second kappa shape index (κ2) is 8.32. The number of amides is 2. The summed E-state index contributed by atoms with van der Waals surface area (Å²) in [4.78, 5) is 28.6. The molecule has 1 aromatic rings. The van der Waals surface area contributed by atoms with Crippen molar-refractivity contribution in [2.24, 2.45) is 17.8 Å². The van der Waals surface area contributed by atoms with Crippen LogP contribution in [0.3, 0.4) is 0 Å². The summed E-state index contributed by atoms with van der Waals surface area (Å²) in [6.07, 6.45) is 5.88. The first-order chi connectivity index (χ1) is 13.5. The molecule has 150 valence electrons. The molecule has 2 amide bonds. The lowest BCUT2D eigenvalue weighted by molar-refractivity contribution is -0.139. The largest absolute Gasteiger partial charge is 0.348 e. The first kappa shape index (κ1) is 19.6. The number of nitrogens with zero attached hydrogens (tertiary/aromatic N) is 1. The van der Waals surface area contributed by atoms with Crippen LogP contribution in [0.5, 0.6) is 0 Å². The summed E-state index contributed by atoms with van der Waals surface area (Å²) >= 11 is 1.69. The summed E-state index contributed by atoms with van der Waals surface area (Å²) in [6, 6.07) is 10.1. The monoisotopic (exact) mass is 398 g/mol. The predicted molar refractivity (Wildman–Crippen MR) is 115 cm³/mol. The third-order valence-corrected chi connectivity index (χ3v) is 7.66. The number of rotatable bonds is 2. The molecule has 3 fully saturated rings. The van der Waals surface area contributed by atoms with Crippen LogP contribution in [0, 0.1) is 17.8 Å². The van der Waals surface area contributed by atoms with Gasteiger partial charge in [0.25, 0.3) is 5.91 Å². The van der Waals surface area contributed by atoms with Gasteiger partial charge in [0.05, 0.1) is 4.91 Å². The SMILES string of the molecule is CC1CC(C)CN(C(=O)C2CCC3S/C(=C\c4ccccc4)C(=O)NC3C2)C1. The van der Waals surface area contributed by atoms with Crippen molar-refractivity contribution < 1.29 is 9.59 Å². The van der Waals surface area contributed by atoms with Gasteiger partial charge < -0.3 is 10.2 Å². The number of benzene rings is 1. The molecule has 2 heterocycles. The van der Waals surface area contributed by atoms with E-state index in [1.807, 2.05) is 36.4 Å². The van der Waals surface area contributed by atoms with Crippen molar-refractivity contribution in [1.29, 1.82) is 0 Å². The highest BCUT2D eigenvalue weighted by molar-refractivity contribution is 8.04. The average Bonchev–Trinajstić information content (AvgIpc) is 2.68. The molecule has 1 aromatic carbocycles. The van der Waals surface area contributed by atoms with Gasteiger partial charge in [0.15, 0.2) is 0 Å². The van der Waals surface area contributed by atoms with Crippen LogP contribution < -0.4 is 5.32 Å². The fourth-order valence-electron chi connectivity index (χ4n) is 5.02. The van der Waals surface area contributed by atoms with Crippen molar-refractivity contribution in [3.63, 3.8) is 0 Å². The minimum atomic E-state index is 0.00317. The Morgan fingerprint density at radius 1 is 1.11 bits per heavy atom. The third-order valence-electron chi connectivity index (χ3n) is 6.23. The molecular weight excluding hydrogens is 368 g/mol. The van der Waals surface area contributed by atoms with Crippen molar-refractivity contribution in [2.75, 3.05) is 13.1 Å². The van der Waals surface area contributed by atoms with E-state index in [-0.39, 0.29) is 17.9 Å². The van der Waals surface area contributed by atoms with Gasteiger partial charge in [0.1, 0.15) is 0 Å². The molecule has 5 unspecified atom stereocenters. The quantitative estimate of drug-likeness (QED) is 0.768. The number of piperidine rings is 1. The Labute approximate surface area is 172 Å². The maximum Gasteiger partial charge on any atom is 0.257 e. The summed E-state index contributed by atoms with van der Waals surface area (Å²) in [7, 11) is 0. The molecule has 5 heteroatoms. The minimum absolute atomic E-state index is 0.00317. The first-order valence-corrected chi connectivity index (χ1v) is 11.4. The van der Waals surface area contributed by atoms with Gasteiger partial charge in [-0.2, -0.15) is 0 Å². The molecule has 3 aliphatic rings. The standard InChI is InChI=1S/C23H30N2O2S/c1-15-10-16(2)14-25(13-15)23(27)18-8-9-20-19(12-18)24-22(26)21(28-20)11-17-6-4-3-5-7-17/h3-7,11,15-16,18-20H,8-10,12-14H2,1-2H3,(H,24,26)/b21-11-. The van der Waals surface area contributed by atoms with Crippen LogP contribution in [-0.4, -0.2) is 41.1 Å². The van der Waals surface area contributed by atoms with Crippen LogP contribution in [0.1, 0.15) is 45.1 Å². The zero-order valence-corrected chi connectivity index (χ0v) is 17.6. The fourth-order valence-corrected chi connectivity index (χ4v) is 6.31. The number of carbonyl (C=O) groups excluding carboxylic acids is 2. The Morgan fingerprint density at radius 2 is 1.82 bits per heavy atom. The number of carbonyl (C=O) groups is 2. The van der Waals surface area contributed by atoms with Gasteiger partial charge in [-0.25, -0.2) is 0 Å². The molecule has 0 aromatic heterocycles. The van der Waals surface area contributed by atoms with E-state index in [1.54, 1.807) is 11.8 Å². The molecule has 0 radical (unpaired) electrons. The molecule has 2 saturated heterocycles. The van der Waals surface area contributed by atoms with Crippen LogP contribution in [0.4, 0.5) is 0 Å². The lowest BCUT2D eigenvalue weighted by Gasteiger charge is -2.42. The molecule has 1 aliphatic carbocycles. The molecule has 28 heavy (non-hydrogen) atoms. The summed E-state index contributed by atoms with van der Waals surface area (Å²) in [6.45, 7) is 6.26. The summed E-state index contributed by atoms with van der Waals surface area (Å²) < 4.78 is 0. The zero-order chi connectivity index (χ0) is 19.7. The molecule has 4 nitrogen and oxygen atoms in total. The second-order valence-corrected chi connectivity index (χ2v) is 10.1. The number of hydrogen-bond acceptors (Lipinski definition) is 3. The highest BCUT2D eigenvalue weighted by Crippen LogP contribution is 2.40. The van der Waals surface area contributed by atoms with Gasteiger partial charge in [0.2, 0.25) is 5.91 Å². The normalized spacial score (nSPS) is 34.6. The van der Waals surface area contributed by atoms with E-state index in [9.17, 15) is 9.59 Å². The summed E-state index contributed by atoms with van der Waals surface area (Å²) in [5.41, 5.74) is 1.05. The minimum Gasteiger partial charge on any atom is -0.348 e. The molecule has 1 N–H and O–H groups in total. The van der Waals surface area contributed by atoms with Crippen LogP contribution in [-0.2, 0) is 9.59 Å². The van der Waals surface area contributed by atoms with Crippen molar-refractivity contribution in [2.45, 2.75) is 50.8 Å². The van der Waals surface area contributed by atoms with Gasteiger partial charge in [-0.3, -0.25) is 9.59 Å². The lowest BCUT2D eigenvalue weighted by Crippen LogP contribution is -2.53. The second-order valence-electron chi connectivity index (χ2n) is 8.85. The summed E-state index contributed by atoms with van der Waals surface area (Å²) in [5, 5.41) is 3.57. The first-order valence-electron chi connectivity index (χ1n) is 10.5. The summed E-state index contributed by atoms with van der Waals surface area (Å²) in [5.74, 6) is 1.53. The highest BCUT2D eigenvalue weighted by Gasteiger charge is 2.41. The van der Waals surface area contributed by atoms with E-state index in [0.29, 0.717) is 23.0 Å². The van der Waals surface area contributed by atoms with Crippen LogP contribution in [0.2, 0.25) is 0 Å². The fraction of sp³-hybridized carbons (Fsp3) is 0.565. The van der Waals surface area contributed by atoms with Gasteiger partial charge in [-0.15, -0.1) is 11.8 Å². The molecule has 5 atom stereocenters. The Morgan fingerprint density at radius 3 is 2.54 bits per heavy atom. The molecule has 4 rings (SSSR count). The lowest BCUT2D eigenvalue weighted by atomic mass is 9.83. The van der Waals surface area contributed by atoms with Gasteiger partial charge in [-0.1, -0.05) is 44.2 Å². The van der Waals surface area contributed by atoms with Gasteiger partial charge in [-0.05, 0) is 49.2 Å². The number of hydrogen-bond donors (Lipinski definition) is 1. The van der Waals surface area contributed by atoms with E-state index < -0.39 is 0 Å². The van der Waals surface area contributed by atoms with Crippen LogP contribution in [0.15, 0.2) is 35.2 Å². The Kier molecular flexibility index (Phi) is 5.81. The van der Waals surface area contributed by atoms with E-state index in [4.69, 9.17) is 0 Å². The Hall–Kier alpha value is -1.75. The van der Waals surface area contributed by atoms with Crippen molar-refractivity contribution >= 4 is 29.7 Å². The predicted octanol–water partition coefficient (Wildman–Crippen LogP) is 3.93. The maximum absolute atomic E-state index is 13.1. The topological polar surface area (TPSA) is 49.4 Å². The van der Waals surface area contributed by atoms with Crippen LogP contribution in [0.25, 0.3) is 6.08 Å². The van der Waals surface area contributed by atoms with E-state index in [2.05, 4.69) is 24.1 Å². The zero-order valence-electron chi connectivity index (χ0n) is 16.8. The Balaban J connectivity index is 1.40. The van der Waals surface area contributed by atoms with E-state index in [1.165, 1.54) is 6.42 Å². The van der Waals surface area contributed by atoms with Gasteiger partial charge >= 0.3 is 0 Å². The molecule has 0 spiro atoms. The number of thioether (sulfide) groups is 1. The molecular formula is C23H30N2O2S. The van der Waals surface area contributed by atoms with Crippen LogP contribution >= 0.6 is 11.8 Å². The smallest absolute Gasteiger partial charge is 0.257 e. The van der Waals surface area contributed by atoms with E-state index in [0.717, 1.165) is 42.8 Å². The Bertz CT molecular complexity index is 753. The molecule has 2 aliphatic heterocycles. The third kappa shape index (κ3) is 4.29. The molecule has 1 saturated carbocycles. The number of likely N-dealkylation sites (tertiary alicyclic amines) is 1. The van der Waals surface area contributed by atoms with Crippen molar-refractivity contribution in [3.05, 3.63) is 40.8 Å². The highest BCUT2D eigenvalue weighted by atomic mass is 32.2. The molecule has 0 bridgehead atoms. The number of fused-ring (bicyclic) bond motifs is 1.